The van der Waals surface area contributed by atoms with E-state index in [4.69, 9.17) is 0 Å². The average Bonchev–Trinajstić information content (AvgIpc) is 2.86. The molecule has 104 valence electrons. The third kappa shape index (κ3) is 3.29. The zero-order valence-corrected chi connectivity index (χ0v) is 11.7. The summed E-state index contributed by atoms with van der Waals surface area (Å²) in [7, 11) is 0. The van der Waals surface area contributed by atoms with Gasteiger partial charge in [0.2, 0.25) is 5.91 Å². The number of rotatable bonds is 5. The normalized spacial score (nSPS) is 22.4. The molecule has 2 N–H and O–H groups in total. The third-order valence-corrected chi connectivity index (χ3v) is 3.62. The van der Waals surface area contributed by atoms with Gasteiger partial charge in [-0.25, -0.2) is 9.97 Å². The molecular weight excluding hydrogens is 240 g/mol. The van der Waals surface area contributed by atoms with Gasteiger partial charge in [-0.05, 0) is 38.8 Å². The molecule has 1 unspecified atom stereocenters. The molecule has 19 heavy (non-hydrogen) atoms. The largest absolute Gasteiger partial charge is 0.349 e. The van der Waals surface area contributed by atoms with Crippen molar-refractivity contribution >= 4 is 5.91 Å². The zero-order valence-electron chi connectivity index (χ0n) is 11.7. The third-order valence-electron chi connectivity index (χ3n) is 3.62. The first-order valence-electron chi connectivity index (χ1n) is 6.98. The van der Waals surface area contributed by atoms with Gasteiger partial charge in [-0.2, -0.15) is 0 Å². The van der Waals surface area contributed by atoms with E-state index in [1.807, 2.05) is 13.0 Å². The van der Waals surface area contributed by atoms with Crippen LogP contribution >= 0.6 is 0 Å². The Morgan fingerprint density at radius 1 is 1.58 bits per heavy atom. The quantitative estimate of drug-likeness (QED) is 0.840. The first-order chi connectivity index (χ1) is 9.16. The van der Waals surface area contributed by atoms with Gasteiger partial charge in [0.05, 0.1) is 17.8 Å². The van der Waals surface area contributed by atoms with Crippen molar-refractivity contribution in [3.8, 4) is 0 Å². The van der Waals surface area contributed by atoms with Gasteiger partial charge in [0.25, 0.3) is 0 Å². The molecule has 1 aromatic heterocycles. The Morgan fingerprint density at radius 3 is 3.05 bits per heavy atom. The maximum absolute atomic E-state index is 12.4. The van der Waals surface area contributed by atoms with Crippen molar-refractivity contribution in [2.75, 3.05) is 6.54 Å². The predicted octanol–water partition coefficient (Wildman–Crippen LogP) is 1.32. The molecule has 0 spiro atoms. The van der Waals surface area contributed by atoms with Crippen LogP contribution in [0.5, 0.6) is 0 Å². The van der Waals surface area contributed by atoms with Gasteiger partial charge in [-0.3, -0.25) is 4.79 Å². The number of hydrogen-bond donors (Lipinski definition) is 2. The Hall–Kier alpha value is -1.49. The van der Waals surface area contributed by atoms with Gasteiger partial charge < -0.3 is 10.6 Å². The van der Waals surface area contributed by atoms with Crippen LogP contribution in [0, 0.1) is 6.92 Å². The Balaban J connectivity index is 1.96. The van der Waals surface area contributed by atoms with Crippen LogP contribution < -0.4 is 10.6 Å². The van der Waals surface area contributed by atoms with Crippen molar-refractivity contribution in [1.82, 2.24) is 20.6 Å². The van der Waals surface area contributed by atoms with Crippen molar-refractivity contribution in [3.63, 3.8) is 0 Å². The molecule has 1 aliphatic rings. The summed E-state index contributed by atoms with van der Waals surface area (Å²) in [6.07, 6.45) is 5.61. The summed E-state index contributed by atoms with van der Waals surface area (Å²) in [4.78, 5) is 20.7. The van der Waals surface area contributed by atoms with Gasteiger partial charge in [0.15, 0.2) is 0 Å². The van der Waals surface area contributed by atoms with Crippen LogP contribution in [-0.2, 0) is 11.3 Å². The van der Waals surface area contributed by atoms with Crippen LogP contribution in [0.25, 0.3) is 0 Å². The van der Waals surface area contributed by atoms with E-state index in [9.17, 15) is 4.79 Å². The maximum Gasteiger partial charge on any atom is 0.240 e. The smallest absolute Gasteiger partial charge is 0.240 e. The molecule has 0 bridgehead atoms. The number of aryl methyl sites for hydroxylation is 1. The summed E-state index contributed by atoms with van der Waals surface area (Å²) < 4.78 is 0. The molecule has 0 saturated carbocycles. The fourth-order valence-electron chi connectivity index (χ4n) is 2.70. The summed E-state index contributed by atoms with van der Waals surface area (Å²) >= 11 is 0. The number of nitrogens with one attached hydrogen (secondary N) is 2. The molecule has 1 fully saturated rings. The summed E-state index contributed by atoms with van der Waals surface area (Å²) in [6.45, 7) is 5.36. The van der Waals surface area contributed by atoms with E-state index in [0.717, 1.165) is 43.7 Å². The maximum atomic E-state index is 12.4. The first-order valence-corrected chi connectivity index (χ1v) is 6.98. The highest BCUT2D eigenvalue weighted by Crippen LogP contribution is 2.24. The summed E-state index contributed by atoms with van der Waals surface area (Å²) in [5, 5.41) is 6.38. The van der Waals surface area contributed by atoms with Crippen LogP contribution in [0.1, 0.15) is 44.1 Å². The van der Waals surface area contributed by atoms with E-state index in [1.165, 1.54) is 0 Å². The lowest BCUT2D eigenvalue weighted by Crippen LogP contribution is -2.53. The highest BCUT2D eigenvalue weighted by atomic mass is 16.2. The molecular formula is C14H22N4O. The van der Waals surface area contributed by atoms with Gasteiger partial charge in [0.1, 0.15) is 5.82 Å². The predicted molar refractivity (Wildman–Crippen MR) is 73.5 cm³/mol. The van der Waals surface area contributed by atoms with Crippen LogP contribution in [0.4, 0.5) is 0 Å². The van der Waals surface area contributed by atoms with Gasteiger partial charge in [-0.15, -0.1) is 0 Å². The molecule has 1 saturated heterocycles. The van der Waals surface area contributed by atoms with Crippen LogP contribution in [-0.4, -0.2) is 28.0 Å². The van der Waals surface area contributed by atoms with Gasteiger partial charge in [0, 0.05) is 6.20 Å². The van der Waals surface area contributed by atoms with Gasteiger partial charge in [-0.1, -0.05) is 13.3 Å². The van der Waals surface area contributed by atoms with Crippen molar-refractivity contribution in [1.29, 1.82) is 0 Å². The van der Waals surface area contributed by atoms with E-state index in [0.29, 0.717) is 6.54 Å². The second-order valence-electron chi connectivity index (χ2n) is 5.14. The Morgan fingerprint density at radius 2 is 2.42 bits per heavy atom. The molecule has 5 heteroatoms. The van der Waals surface area contributed by atoms with E-state index < -0.39 is 0 Å². The SMILES string of the molecule is CCCC1(C(=O)NCc2ccnc(C)n2)CCCN1. The number of nitrogens with zero attached hydrogens (tertiary/aromatic N) is 2. The molecule has 1 atom stereocenters. The molecule has 2 heterocycles. The minimum atomic E-state index is -0.364. The molecule has 0 aliphatic carbocycles. The molecule has 1 amide bonds. The second kappa shape index (κ2) is 6.10. The van der Waals surface area contributed by atoms with Crippen LogP contribution in [0.2, 0.25) is 0 Å². The van der Waals surface area contributed by atoms with Crippen molar-refractivity contribution in [3.05, 3.63) is 23.8 Å². The molecule has 1 aromatic rings. The van der Waals surface area contributed by atoms with Crippen molar-refractivity contribution < 1.29 is 4.79 Å². The van der Waals surface area contributed by atoms with E-state index in [-0.39, 0.29) is 11.4 Å². The molecule has 0 aromatic carbocycles. The van der Waals surface area contributed by atoms with Crippen LogP contribution in [0.15, 0.2) is 12.3 Å². The Kier molecular flexibility index (Phi) is 4.47. The zero-order chi connectivity index (χ0) is 13.7. The minimum Gasteiger partial charge on any atom is -0.349 e. The summed E-state index contributed by atoms with van der Waals surface area (Å²) in [5.41, 5.74) is 0.488. The lowest BCUT2D eigenvalue weighted by atomic mass is 9.91. The number of amides is 1. The minimum absolute atomic E-state index is 0.100. The lowest BCUT2D eigenvalue weighted by Gasteiger charge is -2.27. The molecule has 1 aliphatic heterocycles. The average molecular weight is 262 g/mol. The number of hydrogen-bond acceptors (Lipinski definition) is 4. The Labute approximate surface area is 114 Å². The van der Waals surface area contributed by atoms with E-state index in [2.05, 4.69) is 27.5 Å². The first kappa shape index (κ1) is 13.9. The highest BCUT2D eigenvalue weighted by molar-refractivity contribution is 5.86. The fourth-order valence-corrected chi connectivity index (χ4v) is 2.70. The molecule has 0 radical (unpaired) electrons. The molecule has 5 nitrogen and oxygen atoms in total. The lowest BCUT2D eigenvalue weighted by molar-refractivity contribution is -0.127. The van der Waals surface area contributed by atoms with Crippen molar-refractivity contribution in [2.45, 2.75) is 51.6 Å². The fraction of sp³-hybridized carbons (Fsp3) is 0.643. The number of aromatic nitrogens is 2. The monoisotopic (exact) mass is 262 g/mol. The van der Waals surface area contributed by atoms with E-state index in [1.54, 1.807) is 6.20 Å². The topological polar surface area (TPSA) is 66.9 Å². The van der Waals surface area contributed by atoms with Gasteiger partial charge >= 0.3 is 0 Å². The highest BCUT2D eigenvalue weighted by Gasteiger charge is 2.39. The van der Waals surface area contributed by atoms with Crippen molar-refractivity contribution in [2.24, 2.45) is 0 Å². The number of carbonyl (C=O) groups is 1. The van der Waals surface area contributed by atoms with E-state index >= 15 is 0 Å². The second-order valence-corrected chi connectivity index (χ2v) is 5.14. The van der Waals surface area contributed by atoms with Crippen LogP contribution in [0.3, 0.4) is 0 Å². The Bertz CT molecular complexity index is 441. The standard InChI is InChI=1S/C14H22N4O/c1-3-6-14(7-4-8-17-14)13(19)16-10-12-5-9-15-11(2)18-12/h5,9,17H,3-4,6-8,10H2,1-2H3,(H,16,19). The summed E-state index contributed by atoms with van der Waals surface area (Å²) in [6, 6.07) is 1.84. The number of carbonyl (C=O) groups excluding carboxylic acids is 1. The summed E-state index contributed by atoms with van der Waals surface area (Å²) in [5.74, 6) is 0.831. The molecule has 2 rings (SSSR count).